The molecule has 0 aliphatic carbocycles. The van der Waals surface area contributed by atoms with E-state index in [9.17, 15) is 9.59 Å². The lowest BCUT2D eigenvalue weighted by Crippen LogP contribution is -2.62. The third-order valence-corrected chi connectivity index (χ3v) is 5.49. The molecule has 1 atom stereocenters. The van der Waals surface area contributed by atoms with Gasteiger partial charge >= 0.3 is 12.0 Å². The molecule has 0 bridgehead atoms. The number of carbonyl (C=O) groups excluding carboxylic acids is 2. The maximum atomic E-state index is 13.2. The van der Waals surface area contributed by atoms with Gasteiger partial charge in [0.2, 0.25) is 11.9 Å². The highest BCUT2D eigenvalue weighted by molar-refractivity contribution is 6.24. The van der Waals surface area contributed by atoms with Gasteiger partial charge in [-0.05, 0) is 24.5 Å². The van der Waals surface area contributed by atoms with Gasteiger partial charge in [0, 0.05) is 19.7 Å². The van der Waals surface area contributed by atoms with Crippen molar-refractivity contribution in [2.75, 3.05) is 38.7 Å². The molecule has 3 amide bonds. The average Bonchev–Trinajstić information content (AvgIpc) is 3.25. The topological polar surface area (TPSA) is 68.5 Å². The van der Waals surface area contributed by atoms with Crippen LogP contribution in [0.4, 0.5) is 10.5 Å². The molecule has 1 fully saturated rings. The summed E-state index contributed by atoms with van der Waals surface area (Å²) < 4.78 is 7.33. The Kier molecular flexibility index (Phi) is 4.56. The van der Waals surface area contributed by atoms with Crippen molar-refractivity contribution in [1.29, 1.82) is 0 Å². The second-order valence-electron chi connectivity index (χ2n) is 7.73. The zero-order valence-corrected chi connectivity index (χ0v) is 16.8. The minimum absolute atomic E-state index is 0.176. The van der Waals surface area contributed by atoms with E-state index >= 15 is 0 Å². The molecule has 28 heavy (non-hydrogen) atoms. The number of rotatable bonds is 5. The fourth-order valence-electron chi connectivity index (χ4n) is 3.87. The number of fused-ring (bicyclic) bond motifs is 2. The van der Waals surface area contributed by atoms with E-state index in [1.807, 2.05) is 28.8 Å². The van der Waals surface area contributed by atoms with Crippen LogP contribution in [-0.4, -0.2) is 77.9 Å². The number of guanidine groups is 1. The van der Waals surface area contributed by atoms with Crippen LogP contribution in [-0.2, 0) is 4.79 Å². The second-order valence-corrected chi connectivity index (χ2v) is 7.73. The largest absolute Gasteiger partial charge is 0.497 e. The fraction of sp³-hybridized carbons (Fsp3) is 0.500. The SMILES string of the molecule is COc1cccc(N2CC[N+]3=C2N=C2C3C(=O)N(CCC(C)C)C(=O)N2C)c1. The first-order chi connectivity index (χ1) is 13.4. The maximum Gasteiger partial charge on any atom is 0.397 e. The number of aliphatic imine (C=N–C) groups is 1. The zero-order chi connectivity index (χ0) is 20.0. The van der Waals surface area contributed by atoms with Gasteiger partial charge in [-0.1, -0.05) is 24.9 Å². The van der Waals surface area contributed by atoms with Crippen molar-refractivity contribution in [1.82, 2.24) is 9.80 Å². The summed E-state index contributed by atoms with van der Waals surface area (Å²) in [7, 11) is 3.33. The number of carbonyl (C=O) groups is 2. The van der Waals surface area contributed by atoms with Crippen LogP contribution in [0, 0.1) is 5.92 Å². The number of nitrogens with zero attached hydrogens (tertiary/aromatic N) is 5. The summed E-state index contributed by atoms with van der Waals surface area (Å²) in [5, 5.41) is 0. The lowest BCUT2D eigenvalue weighted by molar-refractivity contribution is -0.525. The smallest absolute Gasteiger partial charge is 0.397 e. The molecule has 148 valence electrons. The van der Waals surface area contributed by atoms with E-state index in [2.05, 4.69) is 18.7 Å². The molecule has 1 aromatic rings. The Bertz CT molecular complexity index is 892. The number of amides is 3. The minimum Gasteiger partial charge on any atom is -0.497 e. The lowest BCUT2D eigenvalue weighted by Gasteiger charge is -2.34. The molecule has 0 N–H and O–H groups in total. The van der Waals surface area contributed by atoms with Crippen molar-refractivity contribution in [3.63, 3.8) is 0 Å². The van der Waals surface area contributed by atoms with E-state index < -0.39 is 6.04 Å². The van der Waals surface area contributed by atoms with Crippen molar-refractivity contribution < 1.29 is 18.9 Å². The lowest BCUT2D eigenvalue weighted by atomic mass is 10.1. The number of amidine groups is 1. The molecule has 3 aliphatic heterocycles. The first-order valence-electron chi connectivity index (χ1n) is 9.65. The van der Waals surface area contributed by atoms with Crippen LogP contribution >= 0.6 is 0 Å². The Morgan fingerprint density at radius 3 is 2.82 bits per heavy atom. The van der Waals surface area contributed by atoms with Crippen molar-refractivity contribution in [2.24, 2.45) is 10.9 Å². The molecular weight excluding hydrogens is 358 g/mol. The van der Waals surface area contributed by atoms with Crippen molar-refractivity contribution in [3.8, 4) is 5.75 Å². The van der Waals surface area contributed by atoms with E-state index in [1.165, 1.54) is 9.80 Å². The standard InChI is InChI=1S/C20H26N5O3/c1-13(2)8-9-25-18(26)16-17(22(3)20(25)27)21-19-23(10-11-24(16)19)14-6-5-7-15(12-14)28-4/h5-7,12-13,16H,8-11H2,1-4H3/q+1. The molecule has 4 rings (SSSR count). The third kappa shape index (κ3) is 2.83. The summed E-state index contributed by atoms with van der Waals surface area (Å²) in [4.78, 5) is 35.6. The number of likely N-dealkylation sites (N-methyl/N-ethyl adjacent to an activating group) is 1. The highest BCUT2D eigenvalue weighted by atomic mass is 16.5. The Morgan fingerprint density at radius 2 is 2.11 bits per heavy atom. The first-order valence-corrected chi connectivity index (χ1v) is 9.65. The molecule has 3 heterocycles. The third-order valence-electron chi connectivity index (χ3n) is 5.49. The fourth-order valence-corrected chi connectivity index (χ4v) is 3.87. The molecule has 0 saturated carbocycles. The predicted molar refractivity (Wildman–Crippen MR) is 106 cm³/mol. The summed E-state index contributed by atoms with van der Waals surface area (Å²) in [5.74, 6) is 2.24. The number of imide groups is 1. The van der Waals surface area contributed by atoms with Gasteiger partial charge in [-0.15, -0.1) is 0 Å². The normalized spacial score (nSPS) is 21.5. The van der Waals surface area contributed by atoms with Gasteiger partial charge in [0.15, 0.2) is 0 Å². The molecule has 8 nitrogen and oxygen atoms in total. The number of ether oxygens (including phenoxy) is 1. The number of anilines is 1. The summed E-state index contributed by atoms with van der Waals surface area (Å²) in [5.41, 5.74) is 0.956. The Morgan fingerprint density at radius 1 is 1.32 bits per heavy atom. The highest BCUT2D eigenvalue weighted by Gasteiger charge is 2.55. The van der Waals surface area contributed by atoms with E-state index in [0.29, 0.717) is 30.8 Å². The van der Waals surface area contributed by atoms with E-state index in [-0.39, 0.29) is 11.9 Å². The van der Waals surface area contributed by atoms with Crippen molar-refractivity contribution in [3.05, 3.63) is 24.3 Å². The molecule has 0 radical (unpaired) electrons. The van der Waals surface area contributed by atoms with Crippen LogP contribution in [0.3, 0.4) is 0 Å². The van der Waals surface area contributed by atoms with Crippen molar-refractivity contribution in [2.45, 2.75) is 26.3 Å². The monoisotopic (exact) mass is 384 g/mol. The summed E-state index contributed by atoms with van der Waals surface area (Å²) in [6, 6.07) is 6.94. The molecular formula is C20H26N5O3+. The first kappa shape index (κ1) is 18.5. The molecule has 1 saturated heterocycles. The summed E-state index contributed by atoms with van der Waals surface area (Å²) in [6.45, 7) is 6.02. The van der Waals surface area contributed by atoms with Gasteiger partial charge in [-0.3, -0.25) is 14.6 Å². The van der Waals surface area contributed by atoms with Gasteiger partial charge in [-0.2, -0.15) is 0 Å². The molecule has 1 unspecified atom stereocenters. The number of methoxy groups -OCH3 is 1. The van der Waals surface area contributed by atoms with Gasteiger partial charge in [0.1, 0.15) is 18.0 Å². The number of hydrogen-bond acceptors (Lipinski definition) is 5. The summed E-state index contributed by atoms with van der Waals surface area (Å²) >= 11 is 0. The van der Waals surface area contributed by atoms with Crippen LogP contribution in [0.5, 0.6) is 5.75 Å². The van der Waals surface area contributed by atoms with Gasteiger partial charge < -0.3 is 4.74 Å². The van der Waals surface area contributed by atoms with Gasteiger partial charge in [0.05, 0.1) is 13.7 Å². The number of benzene rings is 1. The molecule has 0 spiro atoms. The van der Waals surface area contributed by atoms with Crippen LogP contribution in [0.25, 0.3) is 0 Å². The molecule has 1 aromatic carbocycles. The maximum absolute atomic E-state index is 13.2. The Hall–Kier alpha value is -2.90. The Labute approximate surface area is 164 Å². The minimum atomic E-state index is -0.527. The molecule has 8 heteroatoms. The van der Waals surface area contributed by atoms with Gasteiger partial charge in [0.25, 0.3) is 5.91 Å². The quantitative estimate of drug-likeness (QED) is 0.724. The van der Waals surface area contributed by atoms with Gasteiger partial charge in [-0.25, -0.2) is 14.3 Å². The van der Waals surface area contributed by atoms with Crippen LogP contribution in [0.1, 0.15) is 20.3 Å². The van der Waals surface area contributed by atoms with E-state index in [4.69, 9.17) is 9.73 Å². The summed E-state index contributed by atoms with van der Waals surface area (Å²) in [6.07, 6.45) is 0.789. The molecule has 3 aliphatic rings. The number of urea groups is 1. The van der Waals surface area contributed by atoms with E-state index in [1.54, 1.807) is 14.2 Å². The Balaban J connectivity index is 1.66. The van der Waals surface area contributed by atoms with Crippen LogP contribution in [0.15, 0.2) is 29.3 Å². The van der Waals surface area contributed by atoms with Crippen molar-refractivity contribution >= 4 is 29.4 Å². The van der Waals surface area contributed by atoms with E-state index in [0.717, 1.165) is 24.4 Å². The number of hydrogen-bond donors (Lipinski definition) is 0. The van der Waals surface area contributed by atoms with Crippen LogP contribution in [0.2, 0.25) is 0 Å². The highest BCUT2D eigenvalue weighted by Crippen LogP contribution is 2.28. The zero-order valence-electron chi connectivity index (χ0n) is 16.8. The van der Waals surface area contributed by atoms with Crippen LogP contribution < -0.4 is 9.64 Å². The molecule has 0 aromatic heterocycles. The second kappa shape index (κ2) is 6.92. The predicted octanol–water partition coefficient (Wildman–Crippen LogP) is 1.60. The average molecular weight is 384 g/mol.